The van der Waals surface area contributed by atoms with E-state index in [-0.39, 0.29) is 28.5 Å². The van der Waals surface area contributed by atoms with Crippen molar-refractivity contribution in [1.29, 1.82) is 0 Å². The first kappa shape index (κ1) is 14.5. The van der Waals surface area contributed by atoms with Gasteiger partial charge in [-0.15, -0.1) is 0 Å². The van der Waals surface area contributed by atoms with Gasteiger partial charge in [-0.05, 0) is 13.3 Å². The molecule has 1 fully saturated rings. The average molecular weight is 306 g/mol. The standard InChI is InChI=1S/C14H15FN4O3/c1-6-9-11(20)8(14(21)22)4-17-12(9)18-13(10(6)15)19-3-2-7(16)5-19/h4,7H,2-3,5,16H2,1H3,(H,21,22)(H,17,18,20)/t7-/m0/s1. The molecule has 3 rings (SSSR count). The molecule has 0 aromatic carbocycles. The predicted molar refractivity (Wildman–Crippen MR) is 78.8 cm³/mol. The number of nitrogens with one attached hydrogen (secondary N) is 1. The van der Waals surface area contributed by atoms with Crippen molar-refractivity contribution >= 4 is 22.8 Å². The lowest BCUT2D eigenvalue weighted by Crippen LogP contribution is -2.28. The number of aryl methyl sites for hydroxylation is 1. The molecule has 0 radical (unpaired) electrons. The van der Waals surface area contributed by atoms with Gasteiger partial charge in [0.15, 0.2) is 11.6 Å². The number of halogens is 1. The molecule has 2 aromatic heterocycles. The Morgan fingerprint density at radius 3 is 2.91 bits per heavy atom. The molecule has 0 spiro atoms. The summed E-state index contributed by atoms with van der Waals surface area (Å²) in [7, 11) is 0. The minimum absolute atomic E-state index is 0.0364. The Kier molecular flexibility index (Phi) is 3.32. The Labute approximate surface area is 124 Å². The molecular weight excluding hydrogens is 291 g/mol. The van der Waals surface area contributed by atoms with Crippen molar-refractivity contribution in [2.75, 3.05) is 18.0 Å². The number of nitrogens with two attached hydrogens (primary N) is 1. The minimum Gasteiger partial charge on any atom is -0.477 e. The summed E-state index contributed by atoms with van der Waals surface area (Å²) in [4.78, 5) is 31.8. The first-order valence-corrected chi connectivity index (χ1v) is 6.85. The van der Waals surface area contributed by atoms with Crippen LogP contribution in [0.15, 0.2) is 11.0 Å². The zero-order valence-corrected chi connectivity index (χ0v) is 11.9. The third-order valence-corrected chi connectivity index (χ3v) is 3.93. The maximum atomic E-state index is 14.6. The number of H-pyrrole nitrogens is 1. The average Bonchev–Trinajstić information content (AvgIpc) is 2.88. The number of carboxylic acid groups (broad SMARTS) is 1. The van der Waals surface area contributed by atoms with E-state index >= 15 is 0 Å². The lowest BCUT2D eigenvalue weighted by Gasteiger charge is -2.19. The van der Waals surface area contributed by atoms with Gasteiger partial charge in [0.05, 0.1) is 5.39 Å². The fourth-order valence-corrected chi connectivity index (χ4v) is 2.74. The van der Waals surface area contributed by atoms with Crippen LogP contribution in [0.3, 0.4) is 0 Å². The van der Waals surface area contributed by atoms with E-state index in [0.717, 1.165) is 12.6 Å². The molecule has 8 heteroatoms. The van der Waals surface area contributed by atoms with Crippen LogP contribution in [0.1, 0.15) is 22.3 Å². The molecule has 116 valence electrons. The smallest absolute Gasteiger partial charge is 0.341 e. The van der Waals surface area contributed by atoms with E-state index < -0.39 is 22.8 Å². The summed E-state index contributed by atoms with van der Waals surface area (Å²) in [5.74, 6) is -1.84. The molecule has 0 unspecified atom stereocenters. The van der Waals surface area contributed by atoms with Crippen molar-refractivity contribution in [3.8, 4) is 0 Å². The Morgan fingerprint density at radius 1 is 1.59 bits per heavy atom. The molecular formula is C14H15FN4O3. The number of carboxylic acids is 1. The molecule has 0 aliphatic carbocycles. The zero-order chi connectivity index (χ0) is 16.0. The van der Waals surface area contributed by atoms with Gasteiger partial charge < -0.3 is 20.7 Å². The van der Waals surface area contributed by atoms with E-state index in [4.69, 9.17) is 10.8 Å². The topological polar surface area (TPSA) is 112 Å². The van der Waals surface area contributed by atoms with Crippen molar-refractivity contribution in [2.45, 2.75) is 19.4 Å². The number of aromatic nitrogens is 2. The van der Waals surface area contributed by atoms with Gasteiger partial charge in [0, 0.05) is 30.9 Å². The normalized spacial score (nSPS) is 18.1. The number of aromatic amines is 1. The molecule has 1 atom stereocenters. The van der Waals surface area contributed by atoms with Crippen molar-refractivity contribution in [2.24, 2.45) is 5.73 Å². The fraction of sp³-hybridized carbons (Fsp3) is 0.357. The van der Waals surface area contributed by atoms with Crippen LogP contribution in [0.2, 0.25) is 0 Å². The Morgan fingerprint density at radius 2 is 2.32 bits per heavy atom. The molecule has 22 heavy (non-hydrogen) atoms. The van der Waals surface area contributed by atoms with Crippen molar-refractivity contribution < 1.29 is 14.3 Å². The van der Waals surface area contributed by atoms with E-state index in [1.807, 2.05) is 0 Å². The van der Waals surface area contributed by atoms with Gasteiger partial charge in [-0.2, -0.15) is 0 Å². The molecule has 1 aliphatic heterocycles. The van der Waals surface area contributed by atoms with Crippen molar-refractivity contribution in [3.63, 3.8) is 0 Å². The SMILES string of the molecule is Cc1c(F)c(N2CC[C@H](N)C2)nc2[nH]cc(C(=O)O)c(=O)c12. The van der Waals surface area contributed by atoms with Gasteiger partial charge >= 0.3 is 5.97 Å². The van der Waals surface area contributed by atoms with E-state index in [1.165, 1.54) is 6.92 Å². The minimum atomic E-state index is -1.36. The largest absolute Gasteiger partial charge is 0.477 e. The number of rotatable bonds is 2. The lowest BCUT2D eigenvalue weighted by molar-refractivity contribution is 0.0695. The van der Waals surface area contributed by atoms with E-state index in [2.05, 4.69) is 9.97 Å². The van der Waals surface area contributed by atoms with Crippen LogP contribution in [-0.4, -0.2) is 40.2 Å². The molecule has 0 bridgehead atoms. The summed E-state index contributed by atoms with van der Waals surface area (Å²) in [5.41, 5.74) is 4.91. The number of hydrogen-bond acceptors (Lipinski definition) is 5. The summed E-state index contributed by atoms with van der Waals surface area (Å²) in [6, 6.07) is -0.0364. The van der Waals surface area contributed by atoms with E-state index in [0.29, 0.717) is 13.1 Å². The summed E-state index contributed by atoms with van der Waals surface area (Å²) < 4.78 is 14.6. The summed E-state index contributed by atoms with van der Waals surface area (Å²) in [6.07, 6.45) is 1.82. The van der Waals surface area contributed by atoms with Gasteiger partial charge in [-0.25, -0.2) is 14.2 Å². The first-order chi connectivity index (χ1) is 10.4. The summed E-state index contributed by atoms with van der Waals surface area (Å²) >= 11 is 0. The molecule has 7 nitrogen and oxygen atoms in total. The molecule has 1 aliphatic rings. The van der Waals surface area contributed by atoms with Crippen LogP contribution in [0.5, 0.6) is 0 Å². The van der Waals surface area contributed by atoms with Gasteiger partial charge in [0.25, 0.3) is 0 Å². The van der Waals surface area contributed by atoms with E-state index in [9.17, 15) is 14.0 Å². The molecule has 0 amide bonds. The molecule has 2 aromatic rings. The van der Waals surface area contributed by atoms with Gasteiger partial charge in [-0.1, -0.05) is 0 Å². The van der Waals surface area contributed by atoms with Crippen LogP contribution >= 0.6 is 0 Å². The second-order valence-electron chi connectivity index (χ2n) is 5.43. The van der Waals surface area contributed by atoms with E-state index in [1.54, 1.807) is 4.90 Å². The maximum absolute atomic E-state index is 14.6. The summed E-state index contributed by atoms with van der Waals surface area (Å²) in [6.45, 7) is 2.53. The fourth-order valence-electron chi connectivity index (χ4n) is 2.74. The van der Waals surface area contributed by atoms with Crippen molar-refractivity contribution in [1.82, 2.24) is 9.97 Å². The third-order valence-electron chi connectivity index (χ3n) is 3.93. The highest BCUT2D eigenvalue weighted by Gasteiger charge is 2.26. The Balaban J connectivity index is 2.24. The molecule has 1 saturated heterocycles. The predicted octanol–water partition coefficient (Wildman–Crippen LogP) is 0.606. The second-order valence-corrected chi connectivity index (χ2v) is 5.43. The van der Waals surface area contributed by atoms with Crippen LogP contribution < -0.4 is 16.1 Å². The lowest BCUT2D eigenvalue weighted by atomic mass is 10.1. The quantitative estimate of drug-likeness (QED) is 0.749. The van der Waals surface area contributed by atoms with Gasteiger partial charge in [0.2, 0.25) is 5.43 Å². The number of aromatic carboxylic acids is 1. The third kappa shape index (κ3) is 2.12. The highest BCUT2D eigenvalue weighted by atomic mass is 19.1. The van der Waals surface area contributed by atoms with Crippen LogP contribution in [-0.2, 0) is 0 Å². The Bertz CT molecular complexity index is 833. The number of carbonyl (C=O) groups is 1. The van der Waals surface area contributed by atoms with Crippen LogP contribution in [0, 0.1) is 12.7 Å². The Hall–Kier alpha value is -2.48. The maximum Gasteiger partial charge on any atom is 0.341 e. The highest BCUT2D eigenvalue weighted by Crippen LogP contribution is 2.26. The van der Waals surface area contributed by atoms with Gasteiger partial charge in [-0.3, -0.25) is 4.79 Å². The van der Waals surface area contributed by atoms with Crippen LogP contribution in [0.4, 0.5) is 10.2 Å². The monoisotopic (exact) mass is 306 g/mol. The number of pyridine rings is 2. The first-order valence-electron chi connectivity index (χ1n) is 6.85. The zero-order valence-electron chi connectivity index (χ0n) is 11.9. The second kappa shape index (κ2) is 5.06. The number of anilines is 1. The molecule has 4 N–H and O–H groups in total. The van der Waals surface area contributed by atoms with Crippen molar-refractivity contribution in [3.05, 3.63) is 33.4 Å². The van der Waals surface area contributed by atoms with Crippen LogP contribution in [0.25, 0.3) is 11.0 Å². The molecule has 0 saturated carbocycles. The van der Waals surface area contributed by atoms with Gasteiger partial charge in [0.1, 0.15) is 11.2 Å². The number of nitrogens with zero attached hydrogens (tertiary/aromatic N) is 2. The number of hydrogen-bond donors (Lipinski definition) is 3. The summed E-state index contributed by atoms with van der Waals surface area (Å²) in [5, 5.41) is 8.95. The molecule has 3 heterocycles. The highest BCUT2D eigenvalue weighted by molar-refractivity contribution is 5.92. The number of fused-ring (bicyclic) bond motifs is 1.